The van der Waals surface area contributed by atoms with Crippen LogP contribution in [-0.2, 0) is 27.8 Å². The first kappa shape index (κ1) is 23.2. The van der Waals surface area contributed by atoms with Gasteiger partial charge in [-0.05, 0) is 44.4 Å². The van der Waals surface area contributed by atoms with Crippen molar-refractivity contribution >= 4 is 16.0 Å². The van der Waals surface area contributed by atoms with Gasteiger partial charge in [-0.15, -0.1) is 0 Å². The fourth-order valence-electron chi connectivity index (χ4n) is 3.43. The van der Waals surface area contributed by atoms with E-state index >= 15 is 0 Å². The molecule has 2 aromatic rings. The van der Waals surface area contributed by atoms with E-state index in [9.17, 15) is 8.42 Å². The number of ether oxygens (including phenoxy) is 1. The minimum Gasteiger partial charge on any atom is -0.383 e. The van der Waals surface area contributed by atoms with Gasteiger partial charge >= 0.3 is 0 Å². The van der Waals surface area contributed by atoms with Crippen LogP contribution >= 0.6 is 0 Å². The zero-order valence-electron chi connectivity index (χ0n) is 18.3. The second kappa shape index (κ2) is 10.7. The highest BCUT2D eigenvalue weighted by molar-refractivity contribution is 7.89. The average molecular weight is 450 g/mol. The summed E-state index contributed by atoms with van der Waals surface area (Å²) < 4.78 is 34.3. The van der Waals surface area contributed by atoms with Crippen molar-refractivity contribution in [2.45, 2.75) is 50.7 Å². The number of hydrogen-bond acceptors (Lipinski definition) is 6. The lowest BCUT2D eigenvalue weighted by atomic mass is 10.1. The first-order chi connectivity index (χ1) is 14.9. The van der Waals surface area contributed by atoms with Gasteiger partial charge in [0.2, 0.25) is 10.0 Å². The maximum Gasteiger partial charge on any atom is 0.240 e. The van der Waals surface area contributed by atoms with E-state index in [1.165, 1.54) is 7.11 Å². The van der Waals surface area contributed by atoms with Gasteiger partial charge in [-0.1, -0.05) is 12.1 Å². The van der Waals surface area contributed by atoms with E-state index in [-0.39, 0.29) is 17.5 Å². The minimum absolute atomic E-state index is 0.0319. The maximum absolute atomic E-state index is 12.4. The van der Waals surface area contributed by atoms with Gasteiger partial charge < -0.3 is 15.4 Å². The quantitative estimate of drug-likeness (QED) is 0.298. The molecule has 0 bridgehead atoms. The van der Waals surface area contributed by atoms with Crippen LogP contribution < -0.4 is 15.4 Å². The summed E-state index contributed by atoms with van der Waals surface area (Å²) in [5.41, 5.74) is 0.800. The third kappa shape index (κ3) is 6.25. The summed E-state index contributed by atoms with van der Waals surface area (Å²) in [6.07, 6.45) is 1.96. The Labute approximate surface area is 183 Å². The Kier molecular flexibility index (Phi) is 7.99. The topological polar surface area (TPSA) is 123 Å². The average Bonchev–Trinajstić information content (AvgIpc) is 3.14. The smallest absolute Gasteiger partial charge is 0.240 e. The molecule has 3 rings (SSSR count). The van der Waals surface area contributed by atoms with Gasteiger partial charge in [0, 0.05) is 26.7 Å². The Morgan fingerprint density at radius 3 is 3.00 bits per heavy atom. The van der Waals surface area contributed by atoms with Crippen LogP contribution in [0.25, 0.3) is 0 Å². The SMILES string of the molecule is CCNC(=NCc1cccc(S(=O)(=O)NCCOC)c1)NC1CCCn2nc(C)nc21. The molecular weight excluding hydrogens is 418 g/mol. The van der Waals surface area contributed by atoms with Crippen LogP contribution in [0.1, 0.15) is 43.0 Å². The molecule has 10 nitrogen and oxygen atoms in total. The number of aromatic nitrogens is 3. The molecule has 0 saturated carbocycles. The molecule has 170 valence electrons. The zero-order chi connectivity index (χ0) is 22.3. The van der Waals surface area contributed by atoms with E-state index in [1.807, 2.05) is 24.6 Å². The molecule has 0 spiro atoms. The number of guanidine groups is 1. The predicted octanol–water partition coefficient (Wildman–Crippen LogP) is 1.10. The van der Waals surface area contributed by atoms with Crippen LogP contribution in [0.3, 0.4) is 0 Å². The van der Waals surface area contributed by atoms with Gasteiger partial charge in [0.1, 0.15) is 11.6 Å². The van der Waals surface area contributed by atoms with E-state index in [2.05, 4.69) is 30.4 Å². The second-order valence-electron chi connectivity index (χ2n) is 7.31. The number of sulfonamides is 1. The predicted molar refractivity (Wildman–Crippen MR) is 118 cm³/mol. The fourth-order valence-corrected chi connectivity index (χ4v) is 4.52. The number of hydrogen-bond donors (Lipinski definition) is 3. The normalized spacial score (nSPS) is 16.7. The molecule has 1 aromatic carbocycles. The number of fused-ring (bicyclic) bond motifs is 1. The molecule has 1 unspecified atom stereocenters. The van der Waals surface area contributed by atoms with Crippen LogP contribution in [0.4, 0.5) is 0 Å². The summed E-state index contributed by atoms with van der Waals surface area (Å²) in [4.78, 5) is 9.43. The number of aryl methyl sites for hydroxylation is 2. The molecule has 3 N–H and O–H groups in total. The van der Waals surface area contributed by atoms with E-state index in [1.54, 1.807) is 18.2 Å². The lowest BCUT2D eigenvalue weighted by Gasteiger charge is -2.25. The third-order valence-corrected chi connectivity index (χ3v) is 6.32. The van der Waals surface area contributed by atoms with Gasteiger partial charge in [0.05, 0.1) is 24.1 Å². The zero-order valence-corrected chi connectivity index (χ0v) is 19.1. The van der Waals surface area contributed by atoms with Crippen molar-refractivity contribution in [3.63, 3.8) is 0 Å². The number of benzene rings is 1. The van der Waals surface area contributed by atoms with Crippen LogP contribution in [-0.4, -0.2) is 55.9 Å². The molecule has 31 heavy (non-hydrogen) atoms. The Bertz CT molecular complexity index is 1000. The van der Waals surface area contributed by atoms with Gasteiger partial charge in [0.25, 0.3) is 0 Å². The van der Waals surface area contributed by atoms with E-state index in [4.69, 9.17) is 4.74 Å². The summed E-state index contributed by atoms with van der Waals surface area (Å²) >= 11 is 0. The number of nitrogens with one attached hydrogen (secondary N) is 3. The van der Waals surface area contributed by atoms with Crippen LogP contribution in [0.15, 0.2) is 34.2 Å². The molecule has 2 heterocycles. The van der Waals surface area contributed by atoms with E-state index < -0.39 is 10.0 Å². The maximum atomic E-state index is 12.4. The molecule has 0 aliphatic carbocycles. The van der Waals surface area contributed by atoms with Crippen molar-refractivity contribution in [2.24, 2.45) is 4.99 Å². The van der Waals surface area contributed by atoms with Crippen molar-refractivity contribution in [3.05, 3.63) is 41.5 Å². The first-order valence-electron chi connectivity index (χ1n) is 10.5. The molecular formula is C20H31N7O3S. The van der Waals surface area contributed by atoms with Crippen molar-refractivity contribution in [3.8, 4) is 0 Å². The largest absolute Gasteiger partial charge is 0.383 e. The molecule has 1 atom stereocenters. The number of aliphatic imine (C=N–C) groups is 1. The van der Waals surface area contributed by atoms with E-state index in [0.29, 0.717) is 25.7 Å². The Morgan fingerprint density at radius 2 is 2.23 bits per heavy atom. The monoisotopic (exact) mass is 449 g/mol. The molecule has 1 aromatic heterocycles. The molecule has 0 fully saturated rings. The van der Waals surface area contributed by atoms with Crippen LogP contribution in [0.2, 0.25) is 0 Å². The highest BCUT2D eigenvalue weighted by Crippen LogP contribution is 2.22. The molecule has 0 radical (unpaired) electrons. The summed E-state index contributed by atoms with van der Waals surface area (Å²) in [7, 11) is -2.06. The number of nitrogens with zero attached hydrogens (tertiary/aromatic N) is 4. The third-order valence-electron chi connectivity index (χ3n) is 4.86. The van der Waals surface area contributed by atoms with Crippen molar-refractivity contribution in [1.29, 1.82) is 0 Å². The van der Waals surface area contributed by atoms with Gasteiger partial charge in [-0.2, -0.15) is 5.10 Å². The van der Waals surface area contributed by atoms with Crippen LogP contribution in [0.5, 0.6) is 0 Å². The second-order valence-corrected chi connectivity index (χ2v) is 9.08. The van der Waals surface area contributed by atoms with Gasteiger partial charge in [-0.3, -0.25) is 0 Å². The highest BCUT2D eigenvalue weighted by atomic mass is 32.2. The van der Waals surface area contributed by atoms with E-state index in [0.717, 1.165) is 36.6 Å². The molecule has 0 amide bonds. The molecule has 1 aliphatic rings. The standard InChI is InChI=1S/C20H31N7O3S/c1-4-21-20(25-18-9-6-11-27-19(18)24-15(2)26-27)22-14-16-7-5-8-17(13-16)31(28,29)23-10-12-30-3/h5,7-8,13,18,23H,4,6,9-12,14H2,1-3H3,(H2,21,22,25). The Morgan fingerprint density at radius 1 is 1.39 bits per heavy atom. The lowest BCUT2D eigenvalue weighted by Crippen LogP contribution is -2.41. The molecule has 1 aliphatic heterocycles. The summed E-state index contributed by atoms with van der Waals surface area (Å²) in [5, 5.41) is 11.1. The Hall–Kier alpha value is -2.50. The van der Waals surface area contributed by atoms with Gasteiger partial charge in [-0.25, -0.2) is 27.8 Å². The first-order valence-corrected chi connectivity index (χ1v) is 11.9. The molecule has 11 heteroatoms. The fraction of sp³-hybridized carbons (Fsp3) is 0.550. The summed E-state index contributed by atoms with van der Waals surface area (Å²) in [5.74, 6) is 2.35. The highest BCUT2D eigenvalue weighted by Gasteiger charge is 2.24. The lowest BCUT2D eigenvalue weighted by molar-refractivity contribution is 0.204. The van der Waals surface area contributed by atoms with Crippen molar-refractivity contribution in [2.75, 3.05) is 26.8 Å². The van der Waals surface area contributed by atoms with Crippen molar-refractivity contribution in [1.82, 2.24) is 30.1 Å². The summed E-state index contributed by atoms with van der Waals surface area (Å²) in [6.45, 7) is 6.37. The molecule has 0 saturated heterocycles. The van der Waals surface area contributed by atoms with Crippen molar-refractivity contribution < 1.29 is 13.2 Å². The number of methoxy groups -OCH3 is 1. The minimum atomic E-state index is -3.59. The number of rotatable bonds is 9. The Balaban J connectivity index is 1.71. The van der Waals surface area contributed by atoms with Crippen LogP contribution in [0, 0.1) is 6.92 Å². The van der Waals surface area contributed by atoms with Gasteiger partial charge in [0.15, 0.2) is 5.96 Å². The summed E-state index contributed by atoms with van der Waals surface area (Å²) in [6, 6.07) is 6.83.